The van der Waals surface area contributed by atoms with Gasteiger partial charge in [-0.2, -0.15) is 0 Å². The number of rotatable bonds is 7. The number of fused-ring (bicyclic) bond motifs is 1. The zero-order chi connectivity index (χ0) is 26.0. The van der Waals surface area contributed by atoms with Gasteiger partial charge in [0.25, 0.3) is 5.56 Å². The average molecular weight is 492 g/mol. The second-order valence-corrected chi connectivity index (χ2v) is 9.17. The molecule has 2 amide bonds. The van der Waals surface area contributed by atoms with E-state index in [1.54, 1.807) is 25.9 Å². The maximum absolute atomic E-state index is 13.6. The zero-order valence-corrected chi connectivity index (χ0v) is 20.6. The van der Waals surface area contributed by atoms with E-state index in [2.05, 4.69) is 11.1 Å². The Kier molecular flexibility index (Phi) is 7.19. The summed E-state index contributed by atoms with van der Waals surface area (Å²) in [6.07, 6.45) is 4.23. The second kappa shape index (κ2) is 10.3. The Labute approximate surface area is 209 Å². The lowest BCUT2D eigenvalue weighted by Gasteiger charge is -2.33. The van der Waals surface area contributed by atoms with Crippen molar-refractivity contribution >= 4 is 17.6 Å². The molecule has 4 rings (SSSR count). The SMILES string of the molecule is CC(C(N)=O)N(C)c1ncc(-c2ccc(F)cc2)n(CC(=O)N(C)C2CCCc3ccccc32)c1=O. The minimum Gasteiger partial charge on any atom is -0.368 e. The van der Waals surface area contributed by atoms with Gasteiger partial charge in [0.15, 0.2) is 5.82 Å². The molecule has 9 heteroatoms. The van der Waals surface area contributed by atoms with E-state index in [-0.39, 0.29) is 24.3 Å². The first-order valence-electron chi connectivity index (χ1n) is 11.9. The van der Waals surface area contributed by atoms with E-state index in [0.717, 1.165) is 24.8 Å². The van der Waals surface area contributed by atoms with E-state index < -0.39 is 23.3 Å². The summed E-state index contributed by atoms with van der Waals surface area (Å²) in [5.74, 6) is -1.28. The molecular weight excluding hydrogens is 461 g/mol. The summed E-state index contributed by atoms with van der Waals surface area (Å²) < 4.78 is 14.9. The van der Waals surface area contributed by atoms with E-state index in [9.17, 15) is 18.8 Å². The number of hydrogen-bond donors (Lipinski definition) is 1. The summed E-state index contributed by atoms with van der Waals surface area (Å²) in [4.78, 5) is 46.2. The number of nitrogens with zero attached hydrogens (tertiary/aromatic N) is 4. The van der Waals surface area contributed by atoms with Crippen LogP contribution >= 0.6 is 0 Å². The van der Waals surface area contributed by atoms with Crippen molar-refractivity contribution in [3.63, 3.8) is 0 Å². The normalized spacial score (nSPS) is 15.6. The number of hydrogen-bond acceptors (Lipinski definition) is 5. The van der Waals surface area contributed by atoms with E-state index >= 15 is 0 Å². The first kappa shape index (κ1) is 25.1. The van der Waals surface area contributed by atoms with Crippen molar-refractivity contribution < 1.29 is 14.0 Å². The highest BCUT2D eigenvalue weighted by Crippen LogP contribution is 2.33. The van der Waals surface area contributed by atoms with Gasteiger partial charge in [-0.1, -0.05) is 24.3 Å². The molecule has 188 valence electrons. The molecule has 0 bridgehead atoms. The monoisotopic (exact) mass is 491 g/mol. The van der Waals surface area contributed by atoms with Crippen molar-refractivity contribution in [2.45, 2.75) is 44.8 Å². The Morgan fingerprint density at radius 3 is 2.56 bits per heavy atom. The van der Waals surface area contributed by atoms with E-state index in [1.807, 2.05) is 18.2 Å². The summed E-state index contributed by atoms with van der Waals surface area (Å²) in [7, 11) is 3.30. The van der Waals surface area contributed by atoms with Crippen LogP contribution in [0.1, 0.15) is 36.9 Å². The number of carbonyl (C=O) groups excluding carboxylic acids is 2. The minimum absolute atomic E-state index is 0.00868. The molecule has 8 nitrogen and oxygen atoms in total. The molecule has 2 N–H and O–H groups in total. The number of anilines is 1. The highest BCUT2D eigenvalue weighted by molar-refractivity contribution is 5.82. The molecule has 2 atom stereocenters. The van der Waals surface area contributed by atoms with Crippen molar-refractivity contribution in [2.24, 2.45) is 5.73 Å². The smallest absolute Gasteiger partial charge is 0.294 e. The maximum Gasteiger partial charge on any atom is 0.294 e. The fourth-order valence-corrected chi connectivity index (χ4v) is 4.65. The van der Waals surface area contributed by atoms with E-state index in [4.69, 9.17) is 5.73 Å². The van der Waals surface area contributed by atoms with Crippen LogP contribution in [0.15, 0.2) is 59.5 Å². The van der Waals surface area contributed by atoms with Crippen molar-refractivity contribution in [3.8, 4) is 11.3 Å². The predicted octanol–water partition coefficient (Wildman–Crippen LogP) is 2.90. The van der Waals surface area contributed by atoms with Gasteiger partial charge in [0.2, 0.25) is 11.8 Å². The van der Waals surface area contributed by atoms with Crippen LogP contribution in [0.5, 0.6) is 0 Å². The van der Waals surface area contributed by atoms with Crippen LogP contribution in [0.25, 0.3) is 11.3 Å². The van der Waals surface area contributed by atoms with Gasteiger partial charge in [-0.15, -0.1) is 0 Å². The number of aryl methyl sites for hydroxylation is 1. The molecule has 0 saturated carbocycles. The molecule has 3 aromatic rings. The summed E-state index contributed by atoms with van der Waals surface area (Å²) in [6, 6.07) is 12.9. The predicted molar refractivity (Wildman–Crippen MR) is 136 cm³/mol. The maximum atomic E-state index is 13.6. The quantitative estimate of drug-likeness (QED) is 0.548. The van der Waals surface area contributed by atoms with Gasteiger partial charge in [-0.25, -0.2) is 9.37 Å². The molecule has 0 spiro atoms. The number of benzene rings is 2. The summed E-state index contributed by atoms with van der Waals surface area (Å²) in [6.45, 7) is 1.33. The topological polar surface area (TPSA) is 102 Å². The number of aromatic nitrogens is 2. The molecule has 2 aromatic carbocycles. The molecule has 0 radical (unpaired) electrons. The molecule has 2 unspecified atom stereocenters. The molecular formula is C27H30FN5O3. The largest absolute Gasteiger partial charge is 0.368 e. The highest BCUT2D eigenvalue weighted by atomic mass is 19.1. The fraction of sp³-hybridized carbons (Fsp3) is 0.333. The van der Waals surface area contributed by atoms with Crippen molar-refractivity contribution in [1.82, 2.24) is 14.5 Å². The Balaban J connectivity index is 1.73. The van der Waals surface area contributed by atoms with Crippen LogP contribution in [0.4, 0.5) is 10.2 Å². The lowest BCUT2D eigenvalue weighted by molar-refractivity contribution is -0.133. The number of carbonyl (C=O) groups is 2. The standard InChI is InChI=1S/C27H30FN5O3/c1-17(25(29)35)31(2)26-27(36)33(23(15-30-26)19-11-13-20(28)14-12-19)16-24(34)32(3)22-10-6-8-18-7-4-5-9-21(18)22/h4-5,7,9,11-15,17,22H,6,8,10,16H2,1-3H3,(H2,29,35). The van der Waals surface area contributed by atoms with E-state index in [0.29, 0.717) is 11.3 Å². The number of halogens is 1. The Morgan fingerprint density at radius 1 is 1.17 bits per heavy atom. The first-order chi connectivity index (χ1) is 17.2. The van der Waals surface area contributed by atoms with Gasteiger partial charge in [0.1, 0.15) is 18.4 Å². The Hall–Kier alpha value is -4.01. The molecule has 0 fully saturated rings. The summed E-state index contributed by atoms with van der Waals surface area (Å²) in [5, 5.41) is 0. The average Bonchev–Trinajstić information content (AvgIpc) is 2.88. The third kappa shape index (κ3) is 4.86. The van der Waals surface area contributed by atoms with Crippen LogP contribution in [-0.2, 0) is 22.6 Å². The molecule has 1 aromatic heterocycles. The van der Waals surface area contributed by atoms with Crippen LogP contribution in [0, 0.1) is 5.82 Å². The molecule has 1 aliphatic rings. The molecule has 1 aliphatic carbocycles. The Morgan fingerprint density at radius 2 is 1.86 bits per heavy atom. The van der Waals surface area contributed by atoms with Crippen molar-refractivity contribution in [1.29, 1.82) is 0 Å². The summed E-state index contributed by atoms with van der Waals surface area (Å²) >= 11 is 0. The van der Waals surface area contributed by atoms with Gasteiger partial charge in [-0.05, 0) is 61.6 Å². The number of likely N-dealkylation sites (N-methyl/N-ethyl adjacent to an activating group) is 2. The van der Waals surface area contributed by atoms with Crippen molar-refractivity contribution in [3.05, 3.63) is 82.0 Å². The lowest BCUT2D eigenvalue weighted by Crippen LogP contribution is -2.45. The summed E-state index contributed by atoms with van der Waals surface area (Å²) in [5.41, 5.74) is 8.14. The fourth-order valence-electron chi connectivity index (χ4n) is 4.65. The van der Waals surface area contributed by atoms with Gasteiger partial charge in [0.05, 0.1) is 17.9 Å². The zero-order valence-electron chi connectivity index (χ0n) is 20.6. The minimum atomic E-state index is -0.785. The first-order valence-corrected chi connectivity index (χ1v) is 11.9. The number of amides is 2. The van der Waals surface area contributed by atoms with Crippen LogP contribution in [-0.4, -0.2) is 46.4 Å². The van der Waals surface area contributed by atoms with Crippen molar-refractivity contribution in [2.75, 3.05) is 19.0 Å². The van der Waals surface area contributed by atoms with Crippen LogP contribution < -0.4 is 16.2 Å². The lowest BCUT2D eigenvalue weighted by atomic mass is 9.87. The Bertz CT molecular complexity index is 1340. The van der Waals surface area contributed by atoms with E-state index in [1.165, 1.54) is 45.5 Å². The highest BCUT2D eigenvalue weighted by Gasteiger charge is 2.28. The molecule has 36 heavy (non-hydrogen) atoms. The third-order valence-electron chi connectivity index (χ3n) is 7.00. The van der Waals surface area contributed by atoms with Gasteiger partial charge < -0.3 is 15.5 Å². The molecule has 0 aliphatic heterocycles. The number of nitrogens with two attached hydrogens (primary N) is 1. The molecule has 0 saturated heterocycles. The second-order valence-electron chi connectivity index (χ2n) is 9.17. The number of primary amides is 1. The van der Waals surface area contributed by atoms with Gasteiger partial charge in [-0.3, -0.25) is 19.0 Å². The van der Waals surface area contributed by atoms with Gasteiger partial charge in [0, 0.05) is 19.7 Å². The van der Waals surface area contributed by atoms with Crippen LogP contribution in [0.3, 0.4) is 0 Å². The molecule has 1 heterocycles. The van der Waals surface area contributed by atoms with Crippen LogP contribution in [0.2, 0.25) is 0 Å². The third-order valence-corrected chi connectivity index (χ3v) is 7.00. The van der Waals surface area contributed by atoms with Gasteiger partial charge >= 0.3 is 0 Å².